The molecule has 2 aliphatic heterocycles. The van der Waals surface area contributed by atoms with E-state index in [4.69, 9.17) is 4.74 Å². The van der Waals surface area contributed by atoms with Crippen LogP contribution in [0.1, 0.15) is 45.4 Å². The van der Waals surface area contributed by atoms with Crippen molar-refractivity contribution in [2.45, 2.75) is 69.7 Å². The summed E-state index contributed by atoms with van der Waals surface area (Å²) in [6.07, 6.45) is 10.4. The molecular formula is C13H23NO. The maximum atomic E-state index is 5.85. The van der Waals surface area contributed by atoms with E-state index in [1.165, 1.54) is 32.1 Å². The van der Waals surface area contributed by atoms with E-state index < -0.39 is 0 Å². The van der Waals surface area contributed by atoms with Gasteiger partial charge in [-0.3, -0.25) is 0 Å². The molecule has 2 bridgehead atoms. The van der Waals surface area contributed by atoms with Crippen molar-refractivity contribution in [1.82, 2.24) is 5.32 Å². The third-order valence-corrected chi connectivity index (χ3v) is 3.77. The van der Waals surface area contributed by atoms with E-state index in [1.807, 2.05) is 6.08 Å². The molecule has 15 heavy (non-hydrogen) atoms. The Morgan fingerprint density at radius 1 is 1.53 bits per heavy atom. The molecule has 2 saturated heterocycles. The number of allylic oxidation sites excluding steroid dienone is 1. The monoisotopic (exact) mass is 209 g/mol. The van der Waals surface area contributed by atoms with E-state index in [-0.39, 0.29) is 0 Å². The number of hydrogen-bond donors (Lipinski definition) is 1. The first kappa shape index (κ1) is 11.2. The molecule has 2 heteroatoms. The van der Waals surface area contributed by atoms with Crippen LogP contribution < -0.4 is 5.32 Å². The van der Waals surface area contributed by atoms with Crippen molar-refractivity contribution >= 4 is 0 Å². The third-order valence-electron chi connectivity index (χ3n) is 3.77. The van der Waals surface area contributed by atoms with E-state index in [2.05, 4.69) is 18.8 Å². The maximum absolute atomic E-state index is 5.85. The van der Waals surface area contributed by atoms with Gasteiger partial charge in [0.05, 0.1) is 12.2 Å². The van der Waals surface area contributed by atoms with Gasteiger partial charge in [0.1, 0.15) is 0 Å². The fourth-order valence-corrected chi connectivity index (χ4v) is 2.84. The molecule has 4 atom stereocenters. The molecule has 2 heterocycles. The molecule has 0 saturated carbocycles. The summed E-state index contributed by atoms with van der Waals surface area (Å²) in [4.78, 5) is 0. The summed E-state index contributed by atoms with van der Waals surface area (Å²) >= 11 is 0. The molecule has 0 aromatic rings. The fourth-order valence-electron chi connectivity index (χ4n) is 2.84. The van der Waals surface area contributed by atoms with Crippen molar-refractivity contribution < 1.29 is 4.74 Å². The Labute approximate surface area is 93.1 Å². The Balaban J connectivity index is 1.77. The first-order chi connectivity index (χ1) is 7.33. The number of rotatable bonds is 6. The molecule has 2 fully saturated rings. The predicted molar refractivity (Wildman–Crippen MR) is 62.9 cm³/mol. The Morgan fingerprint density at radius 2 is 2.40 bits per heavy atom. The summed E-state index contributed by atoms with van der Waals surface area (Å²) in [6.45, 7) is 6.04. The largest absolute Gasteiger partial charge is 0.373 e. The first-order valence-corrected chi connectivity index (χ1v) is 6.36. The van der Waals surface area contributed by atoms with Crippen molar-refractivity contribution in [2.24, 2.45) is 0 Å². The lowest BCUT2D eigenvalue weighted by Gasteiger charge is -2.26. The zero-order valence-corrected chi connectivity index (χ0v) is 9.74. The molecule has 1 N–H and O–H groups in total. The Kier molecular flexibility index (Phi) is 3.81. The van der Waals surface area contributed by atoms with Gasteiger partial charge in [0.25, 0.3) is 0 Å². The second kappa shape index (κ2) is 5.13. The predicted octanol–water partition coefficient (Wildman–Crippen LogP) is 2.64. The van der Waals surface area contributed by atoms with Gasteiger partial charge in [-0.05, 0) is 38.5 Å². The van der Waals surface area contributed by atoms with Crippen molar-refractivity contribution in [3.63, 3.8) is 0 Å². The molecule has 2 rings (SSSR count). The van der Waals surface area contributed by atoms with Crippen LogP contribution in [0.4, 0.5) is 0 Å². The smallest absolute Gasteiger partial charge is 0.0733 e. The SMILES string of the molecule is C=CCCC(CC)NC1CC2CCC1O2. The summed E-state index contributed by atoms with van der Waals surface area (Å²) in [5.41, 5.74) is 0. The number of fused-ring (bicyclic) bond motifs is 2. The van der Waals surface area contributed by atoms with Crippen LogP contribution in [-0.2, 0) is 4.74 Å². The van der Waals surface area contributed by atoms with Crippen LogP contribution in [-0.4, -0.2) is 24.3 Å². The van der Waals surface area contributed by atoms with Crippen LogP contribution in [0.25, 0.3) is 0 Å². The second-order valence-corrected chi connectivity index (χ2v) is 4.85. The molecule has 0 aromatic carbocycles. The lowest BCUT2D eigenvalue weighted by Crippen LogP contribution is -2.43. The lowest BCUT2D eigenvalue weighted by molar-refractivity contribution is 0.0957. The normalized spacial score (nSPS) is 35.7. The van der Waals surface area contributed by atoms with Crippen LogP contribution in [0.3, 0.4) is 0 Å². The highest BCUT2D eigenvalue weighted by Crippen LogP contribution is 2.34. The zero-order chi connectivity index (χ0) is 10.7. The molecule has 2 aliphatic rings. The van der Waals surface area contributed by atoms with Crippen molar-refractivity contribution in [1.29, 1.82) is 0 Å². The molecule has 0 amide bonds. The molecule has 86 valence electrons. The topological polar surface area (TPSA) is 21.3 Å². The van der Waals surface area contributed by atoms with Crippen LogP contribution in [0.2, 0.25) is 0 Å². The first-order valence-electron chi connectivity index (χ1n) is 6.36. The molecule has 0 radical (unpaired) electrons. The fraction of sp³-hybridized carbons (Fsp3) is 0.846. The Bertz CT molecular complexity index is 217. The van der Waals surface area contributed by atoms with E-state index in [1.54, 1.807) is 0 Å². The molecular weight excluding hydrogens is 186 g/mol. The molecule has 2 nitrogen and oxygen atoms in total. The summed E-state index contributed by atoms with van der Waals surface area (Å²) in [7, 11) is 0. The van der Waals surface area contributed by atoms with Crippen LogP contribution in [0, 0.1) is 0 Å². The molecule has 0 aromatic heterocycles. The number of ether oxygens (including phenoxy) is 1. The minimum Gasteiger partial charge on any atom is -0.373 e. The van der Waals surface area contributed by atoms with Crippen molar-refractivity contribution in [2.75, 3.05) is 0 Å². The highest BCUT2D eigenvalue weighted by atomic mass is 16.5. The number of hydrogen-bond acceptors (Lipinski definition) is 2. The Morgan fingerprint density at radius 3 is 2.93 bits per heavy atom. The van der Waals surface area contributed by atoms with Gasteiger partial charge >= 0.3 is 0 Å². The third kappa shape index (κ3) is 2.61. The quantitative estimate of drug-likeness (QED) is 0.679. The van der Waals surface area contributed by atoms with Gasteiger partial charge < -0.3 is 10.1 Å². The average molecular weight is 209 g/mol. The summed E-state index contributed by atoms with van der Waals surface area (Å²) in [5.74, 6) is 0. The highest BCUT2D eigenvalue weighted by molar-refractivity contribution is 4.95. The Hall–Kier alpha value is -0.340. The summed E-state index contributed by atoms with van der Waals surface area (Å²) in [5, 5.41) is 3.76. The summed E-state index contributed by atoms with van der Waals surface area (Å²) in [6, 6.07) is 1.27. The minimum atomic E-state index is 0.507. The van der Waals surface area contributed by atoms with Crippen LogP contribution >= 0.6 is 0 Å². The molecule has 4 unspecified atom stereocenters. The van der Waals surface area contributed by atoms with E-state index >= 15 is 0 Å². The maximum Gasteiger partial charge on any atom is 0.0733 e. The van der Waals surface area contributed by atoms with Gasteiger partial charge in [-0.25, -0.2) is 0 Å². The van der Waals surface area contributed by atoms with Gasteiger partial charge in [0.2, 0.25) is 0 Å². The van der Waals surface area contributed by atoms with Gasteiger partial charge in [-0.2, -0.15) is 0 Å². The van der Waals surface area contributed by atoms with Crippen LogP contribution in [0.15, 0.2) is 12.7 Å². The molecule has 0 aliphatic carbocycles. The lowest BCUT2D eigenvalue weighted by atomic mass is 9.94. The summed E-state index contributed by atoms with van der Waals surface area (Å²) < 4.78 is 5.85. The average Bonchev–Trinajstić information content (AvgIpc) is 2.85. The van der Waals surface area contributed by atoms with E-state index in [0.717, 1.165) is 6.42 Å². The number of nitrogens with one attached hydrogen (secondary N) is 1. The van der Waals surface area contributed by atoms with Crippen molar-refractivity contribution in [3.8, 4) is 0 Å². The van der Waals surface area contributed by atoms with Crippen LogP contribution in [0.5, 0.6) is 0 Å². The van der Waals surface area contributed by atoms with Gasteiger partial charge in [-0.15, -0.1) is 6.58 Å². The highest BCUT2D eigenvalue weighted by Gasteiger charge is 2.40. The van der Waals surface area contributed by atoms with Gasteiger partial charge in [-0.1, -0.05) is 13.0 Å². The minimum absolute atomic E-state index is 0.507. The molecule has 0 spiro atoms. The zero-order valence-electron chi connectivity index (χ0n) is 9.74. The standard InChI is InChI=1S/C13H23NO/c1-3-5-6-10(4-2)14-12-9-11-7-8-13(12)15-11/h3,10-14H,1,4-9H2,2H3. The van der Waals surface area contributed by atoms with Gasteiger partial charge in [0.15, 0.2) is 0 Å². The second-order valence-electron chi connectivity index (χ2n) is 4.85. The van der Waals surface area contributed by atoms with Crippen molar-refractivity contribution in [3.05, 3.63) is 12.7 Å². The van der Waals surface area contributed by atoms with E-state index in [9.17, 15) is 0 Å². The van der Waals surface area contributed by atoms with Gasteiger partial charge in [0, 0.05) is 12.1 Å². The van der Waals surface area contributed by atoms with E-state index in [0.29, 0.717) is 24.3 Å².